The Bertz CT molecular complexity index is 941. The number of carbonyl (C=O) groups excluding carboxylic acids is 3. The third kappa shape index (κ3) is 4.35. The highest BCUT2D eigenvalue weighted by molar-refractivity contribution is 6.14. The minimum absolute atomic E-state index is 0.138. The average Bonchev–Trinajstić information content (AvgIpc) is 2.95. The number of anilines is 1. The highest BCUT2D eigenvalue weighted by Gasteiger charge is 2.32. The number of rotatable bonds is 6. The Morgan fingerprint density at radius 3 is 2.57 bits per heavy atom. The zero-order chi connectivity index (χ0) is 20.1. The molecular weight excluding hydrogens is 365 g/mol. The van der Waals surface area contributed by atoms with Crippen LogP contribution in [-0.2, 0) is 9.59 Å². The number of nitrogens with one attached hydrogen (secondary N) is 2. The summed E-state index contributed by atoms with van der Waals surface area (Å²) in [6.45, 7) is 1.69. The lowest BCUT2D eigenvalue weighted by Gasteiger charge is -2.10. The Kier molecular flexibility index (Phi) is 5.69. The van der Waals surface area contributed by atoms with E-state index >= 15 is 0 Å². The van der Waals surface area contributed by atoms with Crippen LogP contribution in [0.1, 0.15) is 12.5 Å². The van der Waals surface area contributed by atoms with E-state index in [1.807, 2.05) is 0 Å². The number of carbonyl (C=O) groups is 3. The number of hydrogen-bond donors (Lipinski definition) is 2. The summed E-state index contributed by atoms with van der Waals surface area (Å²) in [6.07, 6.45) is 1.50. The number of imide groups is 1. The van der Waals surface area contributed by atoms with Crippen LogP contribution in [0.25, 0.3) is 6.08 Å². The van der Waals surface area contributed by atoms with Crippen molar-refractivity contribution in [2.45, 2.75) is 6.92 Å². The van der Waals surface area contributed by atoms with E-state index in [0.29, 0.717) is 17.0 Å². The van der Waals surface area contributed by atoms with E-state index in [0.717, 1.165) is 4.90 Å². The second-order valence-corrected chi connectivity index (χ2v) is 5.92. The topological polar surface area (TPSA) is 87.7 Å². The molecule has 0 aliphatic carbocycles. The fraction of sp³-hybridized carbons (Fsp3) is 0.150. The van der Waals surface area contributed by atoms with Crippen molar-refractivity contribution >= 4 is 29.6 Å². The second kappa shape index (κ2) is 8.34. The average molecular weight is 383 g/mol. The molecule has 144 valence electrons. The zero-order valence-corrected chi connectivity index (χ0v) is 15.1. The van der Waals surface area contributed by atoms with Crippen molar-refractivity contribution in [3.63, 3.8) is 0 Å². The van der Waals surface area contributed by atoms with Gasteiger partial charge in [-0.3, -0.25) is 14.5 Å². The lowest BCUT2D eigenvalue weighted by Crippen LogP contribution is -2.30. The van der Waals surface area contributed by atoms with E-state index < -0.39 is 23.7 Å². The molecule has 4 amide bonds. The molecule has 2 aromatic rings. The van der Waals surface area contributed by atoms with Crippen molar-refractivity contribution in [2.24, 2.45) is 0 Å². The van der Waals surface area contributed by atoms with E-state index in [2.05, 4.69) is 10.6 Å². The maximum absolute atomic E-state index is 12.9. The lowest BCUT2D eigenvalue weighted by atomic mass is 10.1. The van der Waals surface area contributed by atoms with Crippen LogP contribution in [0, 0.1) is 5.82 Å². The maximum Gasteiger partial charge on any atom is 0.328 e. The van der Waals surface area contributed by atoms with Gasteiger partial charge in [0.1, 0.15) is 17.3 Å². The molecule has 1 aliphatic heterocycles. The summed E-state index contributed by atoms with van der Waals surface area (Å²) in [4.78, 5) is 37.1. The first kappa shape index (κ1) is 19.1. The van der Waals surface area contributed by atoms with Gasteiger partial charge in [-0.2, -0.15) is 0 Å². The summed E-state index contributed by atoms with van der Waals surface area (Å²) in [7, 11) is 0. The third-order valence-corrected chi connectivity index (χ3v) is 3.98. The van der Waals surface area contributed by atoms with Crippen molar-refractivity contribution in [3.8, 4) is 5.75 Å². The SMILES string of the molecule is CCN1C(=O)N/C(=C/c2ccccc2OCC(=O)Nc2ccc(F)cc2)C1=O. The Morgan fingerprint density at radius 2 is 1.89 bits per heavy atom. The van der Waals surface area contributed by atoms with Gasteiger partial charge in [0.25, 0.3) is 11.8 Å². The van der Waals surface area contributed by atoms with E-state index in [1.54, 1.807) is 31.2 Å². The quantitative estimate of drug-likeness (QED) is 0.593. The van der Waals surface area contributed by atoms with Gasteiger partial charge < -0.3 is 15.4 Å². The minimum Gasteiger partial charge on any atom is -0.483 e. The Hall–Kier alpha value is -3.68. The van der Waals surface area contributed by atoms with Gasteiger partial charge in [0, 0.05) is 17.8 Å². The van der Waals surface area contributed by atoms with Gasteiger partial charge in [-0.25, -0.2) is 9.18 Å². The monoisotopic (exact) mass is 383 g/mol. The number of para-hydroxylation sites is 1. The van der Waals surface area contributed by atoms with Crippen LogP contribution in [-0.4, -0.2) is 35.9 Å². The molecule has 28 heavy (non-hydrogen) atoms. The first-order valence-corrected chi connectivity index (χ1v) is 8.59. The predicted molar refractivity (Wildman–Crippen MR) is 101 cm³/mol. The van der Waals surface area contributed by atoms with Gasteiger partial charge in [-0.1, -0.05) is 18.2 Å². The van der Waals surface area contributed by atoms with E-state index in [1.165, 1.54) is 30.3 Å². The Labute approximate surface area is 160 Å². The van der Waals surface area contributed by atoms with Crippen LogP contribution >= 0.6 is 0 Å². The van der Waals surface area contributed by atoms with E-state index in [4.69, 9.17) is 4.74 Å². The molecule has 0 aromatic heterocycles. The van der Waals surface area contributed by atoms with Gasteiger partial charge in [-0.15, -0.1) is 0 Å². The molecule has 1 heterocycles. The van der Waals surface area contributed by atoms with Crippen molar-refractivity contribution in [2.75, 3.05) is 18.5 Å². The molecule has 8 heteroatoms. The van der Waals surface area contributed by atoms with Crippen molar-refractivity contribution in [1.82, 2.24) is 10.2 Å². The fourth-order valence-electron chi connectivity index (χ4n) is 2.62. The van der Waals surface area contributed by atoms with Gasteiger partial charge in [0.15, 0.2) is 6.61 Å². The molecule has 0 bridgehead atoms. The number of ether oxygens (including phenoxy) is 1. The number of halogens is 1. The van der Waals surface area contributed by atoms with Gasteiger partial charge >= 0.3 is 6.03 Å². The van der Waals surface area contributed by atoms with Crippen molar-refractivity contribution < 1.29 is 23.5 Å². The normalized spacial score (nSPS) is 14.9. The first-order chi connectivity index (χ1) is 13.5. The molecule has 2 aromatic carbocycles. The Morgan fingerprint density at radius 1 is 1.18 bits per heavy atom. The van der Waals surface area contributed by atoms with E-state index in [-0.39, 0.29) is 18.8 Å². The van der Waals surface area contributed by atoms with E-state index in [9.17, 15) is 18.8 Å². The summed E-state index contributed by atoms with van der Waals surface area (Å²) < 4.78 is 18.5. The number of benzene rings is 2. The molecule has 1 saturated heterocycles. The molecule has 0 saturated carbocycles. The van der Waals surface area contributed by atoms with Crippen molar-refractivity contribution in [3.05, 3.63) is 65.6 Å². The van der Waals surface area contributed by atoms with Crippen LogP contribution in [0.2, 0.25) is 0 Å². The molecule has 0 atom stereocenters. The van der Waals surface area contributed by atoms with Gasteiger partial charge in [0.2, 0.25) is 0 Å². The first-order valence-electron chi connectivity index (χ1n) is 8.59. The number of amides is 4. The molecule has 7 nitrogen and oxygen atoms in total. The lowest BCUT2D eigenvalue weighted by molar-refractivity contribution is -0.122. The number of nitrogens with zero attached hydrogens (tertiary/aromatic N) is 1. The van der Waals surface area contributed by atoms with Crippen LogP contribution in [0.5, 0.6) is 5.75 Å². The molecule has 1 aliphatic rings. The molecule has 0 spiro atoms. The smallest absolute Gasteiger partial charge is 0.328 e. The highest BCUT2D eigenvalue weighted by Crippen LogP contribution is 2.22. The molecule has 0 radical (unpaired) electrons. The summed E-state index contributed by atoms with van der Waals surface area (Å²) in [5.74, 6) is -0.861. The van der Waals surface area contributed by atoms with Crippen LogP contribution in [0.4, 0.5) is 14.9 Å². The third-order valence-electron chi connectivity index (χ3n) is 3.98. The summed E-state index contributed by atoms with van der Waals surface area (Å²) >= 11 is 0. The summed E-state index contributed by atoms with van der Waals surface area (Å²) in [5.41, 5.74) is 1.13. The Balaban J connectivity index is 1.68. The molecule has 0 unspecified atom stereocenters. The maximum atomic E-state index is 12.9. The fourth-order valence-corrected chi connectivity index (χ4v) is 2.62. The largest absolute Gasteiger partial charge is 0.483 e. The van der Waals surface area contributed by atoms with Gasteiger partial charge in [-0.05, 0) is 43.3 Å². The van der Waals surface area contributed by atoms with Gasteiger partial charge in [0.05, 0.1) is 0 Å². The molecule has 2 N–H and O–H groups in total. The second-order valence-electron chi connectivity index (χ2n) is 5.92. The van der Waals surface area contributed by atoms with Crippen molar-refractivity contribution in [1.29, 1.82) is 0 Å². The number of urea groups is 1. The summed E-state index contributed by atoms with van der Waals surface area (Å²) in [5, 5.41) is 5.11. The highest BCUT2D eigenvalue weighted by atomic mass is 19.1. The molecule has 3 rings (SSSR count). The molecular formula is C20H18FN3O4. The predicted octanol–water partition coefficient (Wildman–Crippen LogP) is 2.76. The van der Waals surface area contributed by atoms with Crippen LogP contribution in [0.15, 0.2) is 54.2 Å². The van der Waals surface area contributed by atoms with Crippen LogP contribution in [0.3, 0.4) is 0 Å². The number of likely N-dealkylation sites (N-methyl/N-ethyl adjacent to an activating group) is 1. The summed E-state index contributed by atoms with van der Waals surface area (Å²) in [6, 6.07) is 11.7. The minimum atomic E-state index is -0.476. The number of hydrogen-bond acceptors (Lipinski definition) is 4. The standard InChI is InChI=1S/C20H18FN3O4/c1-2-24-19(26)16(23-20(24)27)11-13-5-3-4-6-17(13)28-12-18(25)22-15-9-7-14(21)8-10-15/h3-11H,2,12H2,1H3,(H,22,25)(H,23,27)/b16-11+. The molecule has 1 fully saturated rings. The van der Waals surface area contributed by atoms with Crippen LogP contribution < -0.4 is 15.4 Å². The zero-order valence-electron chi connectivity index (χ0n) is 15.1.